The average Bonchev–Trinajstić information content (AvgIpc) is 2.42. The van der Waals surface area contributed by atoms with Crippen molar-refractivity contribution in [2.45, 2.75) is 25.2 Å². The number of alkyl halides is 2. The summed E-state index contributed by atoms with van der Waals surface area (Å²) in [4.78, 5) is 13.2. The number of likely N-dealkylation sites (tertiary alicyclic amines) is 1. The third kappa shape index (κ3) is 3.62. The molecule has 0 N–H and O–H groups in total. The maximum atomic E-state index is 13.8. The first-order valence-corrected chi connectivity index (χ1v) is 6.58. The molecule has 1 saturated heterocycles. The van der Waals surface area contributed by atoms with Gasteiger partial charge in [0, 0.05) is 37.1 Å². The number of amides is 1. The lowest BCUT2D eigenvalue weighted by atomic mass is 10.0. The molecule has 0 aromatic heterocycles. The Morgan fingerprint density at radius 3 is 2.43 bits per heavy atom. The zero-order valence-corrected chi connectivity index (χ0v) is 11.3. The zero-order valence-electron chi connectivity index (χ0n) is 11.3. The first-order valence-electron chi connectivity index (χ1n) is 6.58. The molecule has 2 rings (SSSR count). The van der Waals surface area contributed by atoms with Gasteiger partial charge in [-0.15, -0.1) is 0 Å². The van der Waals surface area contributed by atoms with Crippen LogP contribution >= 0.6 is 0 Å². The van der Waals surface area contributed by atoms with Gasteiger partial charge in [-0.05, 0) is 12.1 Å². The van der Waals surface area contributed by atoms with Crippen LogP contribution < -0.4 is 0 Å². The smallest absolute Gasteiger partial charge is 0.251 e. The molecule has 1 aromatic rings. The summed E-state index contributed by atoms with van der Waals surface area (Å²) in [6, 6.07) is 1.91. The van der Waals surface area contributed by atoms with Crippen molar-refractivity contribution in [1.29, 1.82) is 0 Å². The zero-order chi connectivity index (χ0) is 15.6. The first kappa shape index (κ1) is 15.5. The Labute approximate surface area is 120 Å². The molecular formula is C15H15F4NO. The first-order chi connectivity index (χ1) is 9.82. The van der Waals surface area contributed by atoms with Crippen molar-refractivity contribution in [1.82, 2.24) is 4.90 Å². The van der Waals surface area contributed by atoms with E-state index in [1.54, 1.807) is 0 Å². The van der Waals surface area contributed by atoms with Crippen molar-refractivity contribution in [3.05, 3.63) is 41.5 Å². The van der Waals surface area contributed by atoms with Gasteiger partial charge in [0.2, 0.25) is 5.91 Å². The van der Waals surface area contributed by atoms with Crippen LogP contribution in [0.25, 0.3) is 6.08 Å². The standard InChI is InChI=1S/C15H15F4NO/c1-2-10-7-13(17)11(8-12(10)16)9-14(21)20-5-3-15(18,19)4-6-20/h2,7-8H,1,3-6,9H2. The van der Waals surface area contributed by atoms with Gasteiger partial charge in [-0.3, -0.25) is 4.79 Å². The molecule has 0 bridgehead atoms. The Hall–Kier alpha value is -1.85. The number of nitrogens with zero attached hydrogens (tertiary/aromatic N) is 1. The minimum absolute atomic E-state index is 0.0151. The second-order valence-corrected chi connectivity index (χ2v) is 5.08. The van der Waals surface area contributed by atoms with Crippen molar-refractivity contribution >= 4 is 12.0 Å². The molecule has 0 aliphatic carbocycles. The predicted molar refractivity (Wildman–Crippen MR) is 70.9 cm³/mol. The molecule has 0 radical (unpaired) electrons. The highest BCUT2D eigenvalue weighted by Gasteiger charge is 2.35. The van der Waals surface area contributed by atoms with Crippen LogP contribution in [0.5, 0.6) is 0 Å². The highest BCUT2D eigenvalue weighted by Crippen LogP contribution is 2.28. The normalized spacial score (nSPS) is 17.6. The summed E-state index contributed by atoms with van der Waals surface area (Å²) in [7, 11) is 0. The fraction of sp³-hybridized carbons (Fsp3) is 0.400. The van der Waals surface area contributed by atoms with Crippen LogP contribution in [0.2, 0.25) is 0 Å². The largest absolute Gasteiger partial charge is 0.342 e. The van der Waals surface area contributed by atoms with Gasteiger partial charge in [0.25, 0.3) is 5.92 Å². The number of benzene rings is 1. The summed E-state index contributed by atoms with van der Waals surface area (Å²) >= 11 is 0. The van der Waals surface area contributed by atoms with E-state index < -0.39 is 36.3 Å². The van der Waals surface area contributed by atoms with Crippen LogP contribution in [0.15, 0.2) is 18.7 Å². The summed E-state index contributed by atoms with van der Waals surface area (Å²) in [6.45, 7) is 3.22. The van der Waals surface area contributed by atoms with Crippen LogP contribution in [-0.4, -0.2) is 29.8 Å². The van der Waals surface area contributed by atoms with Gasteiger partial charge in [-0.2, -0.15) is 0 Å². The third-order valence-electron chi connectivity index (χ3n) is 3.57. The molecule has 0 atom stereocenters. The summed E-state index contributed by atoms with van der Waals surface area (Å²) in [5, 5.41) is 0. The van der Waals surface area contributed by atoms with Gasteiger partial charge in [0.05, 0.1) is 6.42 Å². The van der Waals surface area contributed by atoms with Gasteiger partial charge in [-0.1, -0.05) is 12.7 Å². The molecule has 1 aliphatic rings. The second-order valence-electron chi connectivity index (χ2n) is 5.08. The molecule has 2 nitrogen and oxygen atoms in total. The van der Waals surface area contributed by atoms with Gasteiger partial charge in [0.15, 0.2) is 0 Å². The maximum absolute atomic E-state index is 13.8. The van der Waals surface area contributed by atoms with Crippen LogP contribution in [0, 0.1) is 11.6 Å². The van der Waals surface area contributed by atoms with E-state index in [1.165, 1.54) is 11.0 Å². The Balaban J connectivity index is 2.07. The van der Waals surface area contributed by atoms with Crippen LogP contribution in [0.1, 0.15) is 24.0 Å². The lowest BCUT2D eigenvalue weighted by Gasteiger charge is -2.31. The van der Waals surface area contributed by atoms with Gasteiger partial charge >= 0.3 is 0 Å². The monoisotopic (exact) mass is 301 g/mol. The van der Waals surface area contributed by atoms with Gasteiger partial charge in [0.1, 0.15) is 11.6 Å². The molecule has 1 fully saturated rings. The molecule has 1 heterocycles. The van der Waals surface area contributed by atoms with Crippen LogP contribution in [0.3, 0.4) is 0 Å². The van der Waals surface area contributed by atoms with E-state index in [4.69, 9.17) is 0 Å². The second kappa shape index (κ2) is 5.87. The van der Waals surface area contributed by atoms with E-state index in [-0.39, 0.29) is 30.6 Å². The molecule has 6 heteroatoms. The topological polar surface area (TPSA) is 20.3 Å². The molecular weight excluding hydrogens is 286 g/mol. The van der Waals surface area contributed by atoms with Crippen molar-refractivity contribution in [3.8, 4) is 0 Å². The molecule has 0 spiro atoms. The molecule has 0 unspecified atom stereocenters. The minimum atomic E-state index is -2.75. The summed E-state index contributed by atoms with van der Waals surface area (Å²) in [6.07, 6.45) is 0.0401. The molecule has 1 aliphatic heterocycles. The maximum Gasteiger partial charge on any atom is 0.251 e. The number of hydrogen-bond acceptors (Lipinski definition) is 1. The number of piperidine rings is 1. The van der Waals surface area contributed by atoms with Gasteiger partial charge in [-0.25, -0.2) is 17.6 Å². The molecule has 1 aromatic carbocycles. The predicted octanol–water partition coefficient (Wildman–Crippen LogP) is 3.41. The number of rotatable bonds is 3. The fourth-order valence-corrected chi connectivity index (χ4v) is 2.25. The number of hydrogen-bond donors (Lipinski definition) is 0. The molecule has 0 saturated carbocycles. The highest BCUT2D eigenvalue weighted by atomic mass is 19.3. The Kier molecular flexibility index (Phi) is 4.34. The Bertz CT molecular complexity index is 561. The number of carbonyl (C=O) groups is 1. The summed E-state index contributed by atoms with van der Waals surface area (Å²) in [5.74, 6) is -4.60. The average molecular weight is 301 g/mol. The number of carbonyl (C=O) groups excluding carboxylic acids is 1. The molecule has 21 heavy (non-hydrogen) atoms. The van der Waals surface area contributed by atoms with Crippen LogP contribution in [0.4, 0.5) is 17.6 Å². The fourth-order valence-electron chi connectivity index (χ4n) is 2.25. The van der Waals surface area contributed by atoms with Crippen molar-refractivity contribution in [3.63, 3.8) is 0 Å². The quantitative estimate of drug-likeness (QED) is 0.784. The van der Waals surface area contributed by atoms with Crippen molar-refractivity contribution < 1.29 is 22.4 Å². The lowest BCUT2D eigenvalue weighted by molar-refractivity contribution is -0.136. The summed E-state index contributed by atoms with van der Waals surface area (Å²) in [5.41, 5.74) is -0.0678. The van der Waals surface area contributed by atoms with E-state index in [0.29, 0.717) is 0 Å². The highest BCUT2D eigenvalue weighted by molar-refractivity contribution is 5.79. The van der Waals surface area contributed by atoms with E-state index >= 15 is 0 Å². The minimum Gasteiger partial charge on any atom is -0.342 e. The third-order valence-corrected chi connectivity index (χ3v) is 3.57. The number of halogens is 4. The lowest BCUT2D eigenvalue weighted by Crippen LogP contribution is -2.43. The Morgan fingerprint density at radius 1 is 1.24 bits per heavy atom. The van der Waals surface area contributed by atoms with E-state index in [0.717, 1.165) is 12.1 Å². The van der Waals surface area contributed by atoms with E-state index in [1.807, 2.05) is 0 Å². The van der Waals surface area contributed by atoms with Crippen molar-refractivity contribution in [2.24, 2.45) is 0 Å². The SMILES string of the molecule is C=Cc1cc(F)c(CC(=O)N2CCC(F)(F)CC2)cc1F. The van der Waals surface area contributed by atoms with E-state index in [2.05, 4.69) is 6.58 Å². The summed E-state index contributed by atoms with van der Waals surface area (Å²) < 4.78 is 53.3. The Morgan fingerprint density at radius 2 is 1.86 bits per heavy atom. The van der Waals surface area contributed by atoms with Crippen molar-refractivity contribution in [2.75, 3.05) is 13.1 Å². The van der Waals surface area contributed by atoms with Crippen LogP contribution in [-0.2, 0) is 11.2 Å². The molecule has 1 amide bonds. The van der Waals surface area contributed by atoms with Gasteiger partial charge < -0.3 is 4.90 Å². The van der Waals surface area contributed by atoms with E-state index in [9.17, 15) is 22.4 Å². The molecule has 114 valence electrons.